The molecular formula is C21H26N4O. The van der Waals surface area contributed by atoms with E-state index >= 15 is 0 Å². The van der Waals surface area contributed by atoms with Gasteiger partial charge < -0.3 is 15.0 Å². The van der Waals surface area contributed by atoms with E-state index in [1.165, 1.54) is 5.56 Å². The molecule has 1 aromatic heterocycles. The Labute approximate surface area is 155 Å². The number of nitrogens with one attached hydrogen (secondary N) is 1. The Kier molecular flexibility index (Phi) is 6.08. The highest BCUT2D eigenvalue weighted by Crippen LogP contribution is 2.26. The Hall–Kier alpha value is -2.58. The second-order valence-corrected chi connectivity index (χ2v) is 6.66. The first-order valence-electron chi connectivity index (χ1n) is 9.27. The van der Waals surface area contributed by atoms with Crippen LogP contribution in [-0.2, 0) is 6.54 Å². The van der Waals surface area contributed by atoms with Crippen LogP contribution in [0.4, 0.5) is 5.82 Å². The maximum absolute atomic E-state index is 9.25. The van der Waals surface area contributed by atoms with Crippen LogP contribution in [-0.4, -0.2) is 30.7 Å². The maximum Gasteiger partial charge on any atom is 0.130 e. The van der Waals surface area contributed by atoms with Gasteiger partial charge >= 0.3 is 0 Å². The number of nitrogens with zero attached hydrogens (tertiary/aromatic N) is 3. The van der Waals surface area contributed by atoms with Crippen LogP contribution in [0.1, 0.15) is 36.5 Å². The molecule has 1 aromatic carbocycles. The second-order valence-electron chi connectivity index (χ2n) is 6.66. The number of pyridine rings is 1. The van der Waals surface area contributed by atoms with Gasteiger partial charge in [-0.25, -0.2) is 4.98 Å². The summed E-state index contributed by atoms with van der Waals surface area (Å²) in [6, 6.07) is 12.7. The van der Waals surface area contributed by atoms with Crippen LogP contribution >= 0.6 is 0 Å². The van der Waals surface area contributed by atoms with E-state index in [9.17, 15) is 5.26 Å². The smallest absolute Gasteiger partial charge is 0.130 e. The Morgan fingerprint density at radius 2 is 2.08 bits per heavy atom. The van der Waals surface area contributed by atoms with E-state index in [-0.39, 0.29) is 0 Å². The molecule has 0 radical (unpaired) electrons. The predicted molar refractivity (Wildman–Crippen MR) is 103 cm³/mol. The van der Waals surface area contributed by atoms with Gasteiger partial charge in [0.2, 0.25) is 0 Å². The highest BCUT2D eigenvalue weighted by molar-refractivity contribution is 5.47. The fourth-order valence-electron chi connectivity index (χ4n) is 3.41. The quantitative estimate of drug-likeness (QED) is 0.865. The molecule has 136 valence electrons. The van der Waals surface area contributed by atoms with Gasteiger partial charge in [-0.3, -0.25) is 0 Å². The Bertz CT molecular complexity index is 778. The number of ether oxygens (including phenoxy) is 1. The molecule has 0 saturated carbocycles. The van der Waals surface area contributed by atoms with Gasteiger partial charge in [0.15, 0.2) is 0 Å². The fraction of sp³-hybridized carbons (Fsp3) is 0.429. The number of anilines is 1. The molecule has 0 amide bonds. The maximum atomic E-state index is 9.25. The molecule has 0 unspecified atom stereocenters. The summed E-state index contributed by atoms with van der Waals surface area (Å²) in [4.78, 5) is 6.89. The van der Waals surface area contributed by atoms with Crippen molar-refractivity contribution in [3.63, 3.8) is 0 Å². The van der Waals surface area contributed by atoms with Crippen molar-refractivity contribution >= 4 is 5.82 Å². The molecular weight excluding hydrogens is 324 g/mol. The molecule has 1 N–H and O–H groups in total. The van der Waals surface area contributed by atoms with Crippen LogP contribution in [0.3, 0.4) is 0 Å². The summed E-state index contributed by atoms with van der Waals surface area (Å²) in [5.74, 6) is 1.81. The van der Waals surface area contributed by atoms with Gasteiger partial charge in [-0.1, -0.05) is 12.1 Å². The minimum absolute atomic E-state index is 0.412. The normalized spacial score (nSPS) is 14.7. The third kappa shape index (κ3) is 4.33. The predicted octanol–water partition coefficient (Wildman–Crippen LogP) is 3.42. The molecule has 5 heteroatoms. The summed E-state index contributed by atoms with van der Waals surface area (Å²) < 4.78 is 5.76. The number of aryl methyl sites for hydroxylation is 1. The van der Waals surface area contributed by atoms with Gasteiger partial charge in [-0.2, -0.15) is 5.26 Å². The molecule has 5 nitrogen and oxygen atoms in total. The van der Waals surface area contributed by atoms with Crippen LogP contribution < -0.4 is 15.0 Å². The lowest BCUT2D eigenvalue weighted by Gasteiger charge is -2.36. The van der Waals surface area contributed by atoms with E-state index in [2.05, 4.69) is 46.4 Å². The first kappa shape index (κ1) is 18.2. The number of hydrogen-bond donors (Lipinski definition) is 1. The van der Waals surface area contributed by atoms with Crippen molar-refractivity contribution in [2.75, 3.05) is 24.6 Å². The number of aromatic nitrogens is 1. The van der Waals surface area contributed by atoms with E-state index < -0.39 is 0 Å². The molecule has 3 rings (SSSR count). The molecule has 1 saturated heterocycles. The molecule has 0 aliphatic carbocycles. The first-order chi connectivity index (χ1) is 12.7. The summed E-state index contributed by atoms with van der Waals surface area (Å²) >= 11 is 0. The molecule has 2 heterocycles. The third-order valence-electron chi connectivity index (χ3n) is 4.82. The SMILES string of the molecule is CCOc1cc(CN(c2cc(C#N)ccn2)C2CCNCC2)ccc1C. The first-order valence-corrected chi connectivity index (χ1v) is 9.27. The Balaban J connectivity index is 1.90. The van der Waals surface area contributed by atoms with Gasteiger partial charge in [-0.15, -0.1) is 0 Å². The molecule has 2 aromatic rings. The van der Waals surface area contributed by atoms with Gasteiger partial charge in [-0.05, 0) is 69.1 Å². The van der Waals surface area contributed by atoms with Crippen molar-refractivity contribution in [2.24, 2.45) is 0 Å². The van der Waals surface area contributed by atoms with Crippen LogP contribution in [0.2, 0.25) is 0 Å². The molecule has 1 aliphatic heterocycles. The van der Waals surface area contributed by atoms with E-state index in [0.717, 1.165) is 49.6 Å². The van der Waals surface area contributed by atoms with Crippen molar-refractivity contribution < 1.29 is 4.74 Å². The summed E-state index contributed by atoms with van der Waals surface area (Å²) in [6.07, 6.45) is 3.87. The largest absolute Gasteiger partial charge is 0.494 e. The average molecular weight is 350 g/mol. The van der Waals surface area contributed by atoms with Gasteiger partial charge in [0.05, 0.1) is 18.2 Å². The summed E-state index contributed by atoms with van der Waals surface area (Å²) in [6.45, 7) is 7.51. The van der Waals surface area contributed by atoms with Crippen LogP contribution in [0.5, 0.6) is 5.75 Å². The monoisotopic (exact) mass is 350 g/mol. The minimum atomic E-state index is 0.412. The molecule has 1 aliphatic rings. The standard InChI is InChI=1S/C21H26N4O/c1-3-26-20-12-18(5-4-16(20)2)15-25(19-7-9-23-10-8-19)21-13-17(14-22)6-11-24-21/h4-6,11-13,19,23H,3,7-10,15H2,1-2H3. The number of nitriles is 1. The minimum Gasteiger partial charge on any atom is -0.494 e. The van der Waals surface area contributed by atoms with Gasteiger partial charge in [0.25, 0.3) is 0 Å². The lowest BCUT2D eigenvalue weighted by atomic mass is 10.0. The van der Waals surface area contributed by atoms with E-state index in [1.807, 2.05) is 13.0 Å². The Morgan fingerprint density at radius 3 is 2.81 bits per heavy atom. The van der Waals surface area contributed by atoms with Gasteiger partial charge in [0, 0.05) is 18.8 Å². The zero-order valence-electron chi connectivity index (χ0n) is 15.5. The molecule has 0 bridgehead atoms. The molecule has 0 spiro atoms. The zero-order chi connectivity index (χ0) is 18.4. The highest BCUT2D eigenvalue weighted by Gasteiger charge is 2.23. The van der Waals surface area contributed by atoms with Crippen molar-refractivity contribution in [1.82, 2.24) is 10.3 Å². The fourth-order valence-corrected chi connectivity index (χ4v) is 3.41. The van der Waals surface area contributed by atoms with E-state index in [4.69, 9.17) is 4.74 Å². The third-order valence-corrected chi connectivity index (χ3v) is 4.82. The second kappa shape index (κ2) is 8.68. The highest BCUT2D eigenvalue weighted by atomic mass is 16.5. The van der Waals surface area contributed by atoms with E-state index in [0.29, 0.717) is 18.2 Å². The summed E-state index contributed by atoms with van der Waals surface area (Å²) in [5, 5.41) is 12.7. The molecule has 26 heavy (non-hydrogen) atoms. The van der Waals surface area contributed by atoms with Crippen molar-refractivity contribution in [1.29, 1.82) is 5.26 Å². The topological polar surface area (TPSA) is 61.2 Å². The zero-order valence-corrected chi connectivity index (χ0v) is 15.5. The summed E-state index contributed by atoms with van der Waals surface area (Å²) in [7, 11) is 0. The Morgan fingerprint density at radius 1 is 1.27 bits per heavy atom. The number of benzene rings is 1. The number of hydrogen-bond acceptors (Lipinski definition) is 5. The van der Waals surface area contributed by atoms with Crippen LogP contribution in [0, 0.1) is 18.3 Å². The van der Waals surface area contributed by atoms with Crippen molar-refractivity contribution in [3.8, 4) is 11.8 Å². The van der Waals surface area contributed by atoms with Crippen LogP contribution in [0.25, 0.3) is 0 Å². The molecule has 0 atom stereocenters. The molecule has 1 fully saturated rings. The van der Waals surface area contributed by atoms with Crippen molar-refractivity contribution in [3.05, 3.63) is 53.2 Å². The van der Waals surface area contributed by atoms with E-state index in [1.54, 1.807) is 12.3 Å². The lowest BCUT2D eigenvalue weighted by molar-refractivity contribution is 0.337. The lowest BCUT2D eigenvalue weighted by Crippen LogP contribution is -2.43. The van der Waals surface area contributed by atoms with Gasteiger partial charge in [0.1, 0.15) is 11.6 Å². The average Bonchev–Trinajstić information content (AvgIpc) is 2.69. The summed E-state index contributed by atoms with van der Waals surface area (Å²) in [5.41, 5.74) is 2.99. The number of rotatable bonds is 6. The van der Waals surface area contributed by atoms with Crippen molar-refractivity contribution in [2.45, 2.75) is 39.3 Å². The van der Waals surface area contributed by atoms with Crippen LogP contribution in [0.15, 0.2) is 36.5 Å². The number of piperidine rings is 1.